The zero-order valence-electron chi connectivity index (χ0n) is 23.2. The number of nitrogens with zero attached hydrogens (tertiary/aromatic N) is 4. The third-order valence-corrected chi connectivity index (χ3v) is 6.97. The molecule has 2 aromatic heterocycles. The first kappa shape index (κ1) is 28.4. The van der Waals surface area contributed by atoms with Gasteiger partial charge in [-0.2, -0.15) is 0 Å². The number of hydrogen-bond acceptors (Lipinski definition) is 9. The van der Waals surface area contributed by atoms with Crippen LogP contribution in [0.1, 0.15) is 34.5 Å². The summed E-state index contributed by atoms with van der Waals surface area (Å²) in [5.74, 6) is -0.293. The highest BCUT2D eigenvalue weighted by atomic mass is 19.1. The summed E-state index contributed by atoms with van der Waals surface area (Å²) < 4.78 is 24.3. The molecule has 0 saturated carbocycles. The normalized spacial score (nSPS) is 13.7. The van der Waals surface area contributed by atoms with E-state index in [4.69, 9.17) is 9.47 Å². The molecule has 1 aliphatic rings. The average molecular weight is 573 g/mol. The minimum absolute atomic E-state index is 0.237. The lowest BCUT2D eigenvalue weighted by molar-refractivity contribution is -0.126. The first-order chi connectivity index (χ1) is 20.3. The fourth-order valence-corrected chi connectivity index (χ4v) is 4.67. The van der Waals surface area contributed by atoms with E-state index in [0.717, 1.165) is 5.56 Å². The molecule has 42 heavy (non-hydrogen) atoms. The molecule has 0 aliphatic carbocycles. The molecule has 0 fully saturated rings. The summed E-state index contributed by atoms with van der Waals surface area (Å²) in [4.78, 5) is 41.0. The summed E-state index contributed by atoms with van der Waals surface area (Å²) in [6.45, 7) is 1.38. The van der Waals surface area contributed by atoms with Gasteiger partial charge in [0.1, 0.15) is 17.6 Å². The van der Waals surface area contributed by atoms with Crippen LogP contribution in [0.15, 0.2) is 67.0 Å². The quantitative estimate of drug-likeness (QED) is 0.260. The van der Waals surface area contributed by atoms with Crippen molar-refractivity contribution in [2.45, 2.75) is 25.6 Å². The first-order valence-electron chi connectivity index (χ1n) is 13.1. The van der Waals surface area contributed by atoms with Gasteiger partial charge in [-0.1, -0.05) is 12.1 Å². The van der Waals surface area contributed by atoms with E-state index in [1.165, 1.54) is 37.3 Å². The molecule has 12 heteroatoms. The standard InChI is InChI=1S/C30H29FN6O5/c1-17(28(39)35-26(16-38)20-10-21(31)13-23(11-20)41-2)37-15-19-5-4-18(12-24(19)29(37)40)25-7-9-33-30(36-25)34-22-6-8-32-27(14-22)42-3/h4-14,17,26,38H,15-16H2,1-3H3,(H,35,39)(H,32,33,34,36)/t17-,26-/m1/s1. The first-order valence-corrected chi connectivity index (χ1v) is 13.1. The Morgan fingerprint density at radius 1 is 1.07 bits per heavy atom. The van der Waals surface area contributed by atoms with Crippen LogP contribution < -0.4 is 20.1 Å². The second kappa shape index (κ2) is 12.2. The van der Waals surface area contributed by atoms with E-state index in [1.807, 2.05) is 12.1 Å². The smallest absolute Gasteiger partial charge is 0.255 e. The second-order valence-corrected chi connectivity index (χ2v) is 9.63. The van der Waals surface area contributed by atoms with Gasteiger partial charge in [-0.05, 0) is 48.4 Å². The number of anilines is 2. The number of carbonyl (C=O) groups excluding carboxylic acids is 2. The maximum Gasteiger partial charge on any atom is 0.255 e. The van der Waals surface area contributed by atoms with Crippen LogP contribution in [0.2, 0.25) is 0 Å². The monoisotopic (exact) mass is 572 g/mol. The molecule has 5 rings (SSSR count). The Kier molecular flexibility index (Phi) is 8.25. The molecule has 3 N–H and O–H groups in total. The Labute approximate surface area is 241 Å². The van der Waals surface area contributed by atoms with E-state index >= 15 is 0 Å². The molecule has 0 spiro atoms. The van der Waals surface area contributed by atoms with Gasteiger partial charge in [0.2, 0.25) is 17.7 Å². The van der Waals surface area contributed by atoms with Crippen LogP contribution >= 0.6 is 0 Å². The summed E-state index contributed by atoms with van der Waals surface area (Å²) in [5.41, 5.74) is 3.59. The third-order valence-electron chi connectivity index (χ3n) is 6.97. The molecular formula is C30H29FN6O5. The van der Waals surface area contributed by atoms with Crippen LogP contribution in [0.3, 0.4) is 0 Å². The number of amides is 2. The predicted octanol–water partition coefficient (Wildman–Crippen LogP) is 3.63. The number of hydrogen-bond donors (Lipinski definition) is 3. The molecule has 2 amide bonds. The van der Waals surface area contributed by atoms with Crippen molar-refractivity contribution < 1.29 is 28.6 Å². The Morgan fingerprint density at radius 3 is 2.64 bits per heavy atom. The number of pyridine rings is 1. The summed E-state index contributed by atoms with van der Waals surface area (Å²) in [7, 11) is 2.93. The molecule has 2 aromatic carbocycles. The lowest BCUT2D eigenvalue weighted by Gasteiger charge is -2.26. The Hall–Kier alpha value is -5.10. The van der Waals surface area contributed by atoms with Crippen molar-refractivity contribution in [1.82, 2.24) is 25.2 Å². The lowest BCUT2D eigenvalue weighted by atomic mass is 10.0. The molecule has 4 aromatic rings. The van der Waals surface area contributed by atoms with Crippen LogP contribution in [0.25, 0.3) is 11.3 Å². The van der Waals surface area contributed by atoms with Crippen LogP contribution in [0.4, 0.5) is 16.0 Å². The van der Waals surface area contributed by atoms with Crippen LogP contribution in [0, 0.1) is 5.82 Å². The number of aromatic nitrogens is 3. The number of aliphatic hydroxyl groups is 1. The maximum atomic E-state index is 14.0. The summed E-state index contributed by atoms with van der Waals surface area (Å²) >= 11 is 0. The molecule has 0 bridgehead atoms. The van der Waals surface area contributed by atoms with E-state index in [1.54, 1.807) is 43.6 Å². The fourth-order valence-electron chi connectivity index (χ4n) is 4.67. The van der Waals surface area contributed by atoms with Gasteiger partial charge >= 0.3 is 0 Å². The number of fused-ring (bicyclic) bond motifs is 1. The van der Waals surface area contributed by atoms with Gasteiger partial charge in [-0.3, -0.25) is 9.59 Å². The number of ether oxygens (including phenoxy) is 2. The number of nitrogens with one attached hydrogen (secondary N) is 2. The molecule has 1 aliphatic heterocycles. The molecular weight excluding hydrogens is 543 g/mol. The largest absolute Gasteiger partial charge is 0.497 e. The highest BCUT2D eigenvalue weighted by molar-refractivity contribution is 6.02. The van der Waals surface area contributed by atoms with Crippen molar-refractivity contribution in [3.8, 4) is 22.9 Å². The minimum atomic E-state index is -0.884. The topological polar surface area (TPSA) is 139 Å². The number of carbonyl (C=O) groups is 2. The number of rotatable bonds is 10. The predicted molar refractivity (Wildman–Crippen MR) is 152 cm³/mol. The molecule has 216 valence electrons. The number of aliphatic hydroxyl groups excluding tert-OH is 1. The summed E-state index contributed by atoms with van der Waals surface area (Å²) in [5, 5.41) is 15.7. The summed E-state index contributed by atoms with van der Waals surface area (Å²) in [6, 6.07) is 12.9. The fraction of sp³-hybridized carbons (Fsp3) is 0.233. The number of benzene rings is 2. The van der Waals surface area contributed by atoms with E-state index in [-0.39, 0.29) is 18.2 Å². The number of halogens is 1. The van der Waals surface area contributed by atoms with E-state index in [2.05, 4.69) is 25.6 Å². The van der Waals surface area contributed by atoms with Crippen LogP contribution in [0.5, 0.6) is 11.6 Å². The van der Waals surface area contributed by atoms with E-state index < -0.39 is 30.4 Å². The van der Waals surface area contributed by atoms with Crippen molar-refractivity contribution in [2.24, 2.45) is 0 Å². The molecule has 11 nitrogen and oxygen atoms in total. The average Bonchev–Trinajstić information content (AvgIpc) is 3.34. The Bertz CT molecular complexity index is 1630. The SMILES string of the molecule is COc1cc(F)cc([C@@H](CO)NC(=O)[C@@H](C)N2Cc3ccc(-c4ccnc(Nc5ccnc(OC)c5)n4)cc3C2=O)c1. The minimum Gasteiger partial charge on any atom is -0.497 e. The molecule has 0 radical (unpaired) electrons. The third kappa shape index (κ3) is 5.98. The number of methoxy groups -OCH3 is 2. The van der Waals surface area contributed by atoms with Crippen LogP contribution in [-0.2, 0) is 11.3 Å². The molecule has 0 saturated heterocycles. The zero-order chi connectivity index (χ0) is 29.8. The van der Waals surface area contributed by atoms with Gasteiger partial charge in [-0.15, -0.1) is 0 Å². The molecule has 2 atom stereocenters. The molecule has 3 heterocycles. The van der Waals surface area contributed by atoms with Gasteiger partial charge in [-0.25, -0.2) is 19.3 Å². The highest BCUT2D eigenvalue weighted by Crippen LogP contribution is 2.30. The van der Waals surface area contributed by atoms with Crippen molar-refractivity contribution in [2.75, 3.05) is 26.1 Å². The van der Waals surface area contributed by atoms with Crippen LogP contribution in [-0.4, -0.2) is 63.6 Å². The summed E-state index contributed by atoms with van der Waals surface area (Å²) in [6.07, 6.45) is 3.22. The van der Waals surface area contributed by atoms with E-state index in [9.17, 15) is 19.1 Å². The van der Waals surface area contributed by atoms with Gasteiger partial charge in [0.15, 0.2) is 0 Å². The Morgan fingerprint density at radius 2 is 1.88 bits per heavy atom. The Balaban J connectivity index is 1.30. The van der Waals surface area contributed by atoms with Crippen molar-refractivity contribution in [3.63, 3.8) is 0 Å². The van der Waals surface area contributed by atoms with Gasteiger partial charge in [0.25, 0.3) is 5.91 Å². The van der Waals surface area contributed by atoms with Crippen molar-refractivity contribution in [3.05, 3.63) is 89.5 Å². The van der Waals surface area contributed by atoms with E-state index in [0.29, 0.717) is 39.9 Å². The van der Waals surface area contributed by atoms with Crippen molar-refractivity contribution >= 4 is 23.5 Å². The maximum absolute atomic E-state index is 14.0. The lowest BCUT2D eigenvalue weighted by Crippen LogP contribution is -2.46. The second-order valence-electron chi connectivity index (χ2n) is 9.63. The van der Waals surface area contributed by atoms with Gasteiger partial charge < -0.3 is 30.1 Å². The zero-order valence-corrected chi connectivity index (χ0v) is 23.2. The van der Waals surface area contributed by atoms with Crippen molar-refractivity contribution in [1.29, 1.82) is 0 Å². The molecule has 0 unspecified atom stereocenters. The van der Waals surface area contributed by atoms with Gasteiger partial charge in [0, 0.05) is 47.9 Å². The van der Waals surface area contributed by atoms with Gasteiger partial charge in [0.05, 0.1) is 32.6 Å². The highest BCUT2D eigenvalue weighted by Gasteiger charge is 2.35.